The lowest BCUT2D eigenvalue weighted by Crippen LogP contribution is -2.33. The number of fused-ring (bicyclic) bond motifs is 1. The van der Waals surface area contributed by atoms with Crippen LogP contribution in [0.2, 0.25) is 0 Å². The Morgan fingerprint density at radius 1 is 1.12 bits per heavy atom. The minimum Gasteiger partial charge on any atom is -0.371 e. The molecule has 1 aliphatic heterocycles. The molecule has 7 heteroatoms. The first-order valence-electron chi connectivity index (χ1n) is 8.65. The predicted molar refractivity (Wildman–Crippen MR) is 94.3 cm³/mol. The van der Waals surface area contributed by atoms with Crippen LogP contribution in [0.4, 0.5) is 18.9 Å². The Bertz CT molecular complexity index is 924. The molecule has 0 aliphatic carbocycles. The normalized spacial score (nSPS) is 16.4. The number of imidazole rings is 1. The Kier molecular flexibility index (Phi) is 4.09. The number of H-pyrrole nitrogens is 1. The predicted octanol–water partition coefficient (Wildman–Crippen LogP) is 4.67. The van der Waals surface area contributed by atoms with Crippen molar-refractivity contribution >= 4 is 16.6 Å². The number of halogens is 3. The average molecular weight is 360 g/mol. The summed E-state index contributed by atoms with van der Waals surface area (Å²) in [5.41, 5.74) is 2.49. The number of aromatic amines is 1. The van der Waals surface area contributed by atoms with Gasteiger partial charge in [-0.25, -0.2) is 4.98 Å². The largest absolute Gasteiger partial charge is 0.432 e. The lowest BCUT2D eigenvalue weighted by atomic mass is 9.95. The number of piperidine rings is 1. The van der Waals surface area contributed by atoms with Crippen LogP contribution in [0.1, 0.15) is 35.8 Å². The van der Waals surface area contributed by atoms with E-state index in [2.05, 4.69) is 25.9 Å². The van der Waals surface area contributed by atoms with Crippen molar-refractivity contribution in [2.75, 3.05) is 18.0 Å². The third-order valence-electron chi connectivity index (χ3n) is 5.07. The van der Waals surface area contributed by atoms with Gasteiger partial charge in [0.15, 0.2) is 0 Å². The number of para-hydroxylation sites is 1. The van der Waals surface area contributed by atoms with Gasteiger partial charge in [0, 0.05) is 36.3 Å². The molecule has 26 heavy (non-hydrogen) atoms. The van der Waals surface area contributed by atoms with Crippen molar-refractivity contribution in [1.29, 1.82) is 0 Å². The van der Waals surface area contributed by atoms with Gasteiger partial charge in [0.2, 0.25) is 0 Å². The van der Waals surface area contributed by atoms with Crippen LogP contribution in [0.3, 0.4) is 0 Å². The zero-order chi connectivity index (χ0) is 18.3. The van der Waals surface area contributed by atoms with Gasteiger partial charge in [-0.15, -0.1) is 0 Å². The molecule has 0 radical (unpaired) electrons. The second kappa shape index (κ2) is 6.30. The van der Waals surface area contributed by atoms with Gasteiger partial charge in [-0.05, 0) is 31.4 Å². The minimum atomic E-state index is -4.38. The minimum absolute atomic E-state index is 0.0252. The van der Waals surface area contributed by atoms with Crippen molar-refractivity contribution in [3.05, 3.63) is 53.7 Å². The third-order valence-corrected chi connectivity index (χ3v) is 5.07. The maximum absolute atomic E-state index is 12.7. The number of nitrogens with one attached hydrogen (secondary N) is 1. The molecule has 1 aliphatic rings. The fraction of sp³-hybridized carbons (Fsp3) is 0.368. The number of benzene rings is 1. The van der Waals surface area contributed by atoms with E-state index in [-0.39, 0.29) is 5.92 Å². The zero-order valence-corrected chi connectivity index (χ0v) is 14.3. The number of hydrogen-bond donors (Lipinski definition) is 1. The van der Waals surface area contributed by atoms with Crippen molar-refractivity contribution < 1.29 is 13.2 Å². The van der Waals surface area contributed by atoms with E-state index in [1.54, 1.807) is 0 Å². The summed E-state index contributed by atoms with van der Waals surface area (Å²) in [6.07, 6.45) is -0.138. The number of aromatic nitrogens is 3. The van der Waals surface area contributed by atoms with E-state index < -0.39 is 11.9 Å². The molecule has 1 fully saturated rings. The molecule has 4 nitrogen and oxygen atoms in total. The SMILES string of the molecule is Cc1cccc2c(N3CCC(c4ncc(C(F)(F)F)[nH]4)CC3)ccnc12. The number of aryl methyl sites for hydroxylation is 1. The molecule has 4 rings (SSSR count). The molecule has 3 aromatic rings. The molecule has 0 bridgehead atoms. The molecule has 136 valence electrons. The van der Waals surface area contributed by atoms with Crippen LogP contribution in [0.15, 0.2) is 36.7 Å². The fourth-order valence-corrected chi connectivity index (χ4v) is 3.67. The maximum Gasteiger partial charge on any atom is 0.432 e. The van der Waals surface area contributed by atoms with E-state index in [0.29, 0.717) is 5.82 Å². The molecule has 1 saturated heterocycles. The van der Waals surface area contributed by atoms with Crippen LogP contribution >= 0.6 is 0 Å². The summed E-state index contributed by atoms with van der Waals surface area (Å²) in [4.78, 5) is 13.2. The summed E-state index contributed by atoms with van der Waals surface area (Å²) < 4.78 is 38.2. The molecule has 1 aromatic carbocycles. The van der Waals surface area contributed by atoms with Gasteiger partial charge < -0.3 is 9.88 Å². The van der Waals surface area contributed by atoms with Crippen molar-refractivity contribution in [3.63, 3.8) is 0 Å². The number of pyridine rings is 1. The second-order valence-corrected chi connectivity index (χ2v) is 6.74. The summed E-state index contributed by atoms with van der Waals surface area (Å²) in [5, 5.41) is 1.11. The Morgan fingerprint density at radius 3 is 2.58 bits per heavy atom. The highest BCUT2D eigenvalue weighted by atomic mass is 19.4. The molecular formula is C19H19F3N4. The Morgan fingerprint density at radius 2 is 1.88 bits per heavy atom. The van der Waals surface area contributed by atoms with E-state index >= 15 is 0 Å². The van der Waals surface area contributed by atoms with Crippen molar-refractivity contribution in [3.8, 4) is 0 Å². The van der Waals surface area contributed by atoms with Gasteiger partial charge in [0.25, 0.3) is 0 Å². The first-order chi connectivity index (χ1) is 12.4. The van der Waals surface area contributed by atoms with Crippen LogP contribution in [-0.2, 0) is 6.18 Å². The first-order valence-corrected chi connectivity index (χ1v) is 8.65. The van der Waals surface area contributed by atoms with E-state index in [9.17, 15) is 13.2 Å². The Labute approximate surface area is 149 Å². The van der Waals surface area contributed by atoms with Crippen molar-refractivity contribution in [1.82, 2.24) is 15.0 Å². The van der Waals surface area contributed by atoms with Crippen LogP contribution in [-0.4, -0.2) is 28.0 Å². The highest BCUT2D eigenvalue weighted by Crippen LogP contribution is 2.34. The monoisotopic (exact) mass is 360 g/mol. The van der Waals surface area contributed by atoms with Crippen molar-refractivity contribution in [2.45, 2.75) is 31.9 Å². The van der Waals surface area contributed by atoms with E-state index in [1.807, 2.05) is 31.3 Å². The number of nitrogens with zero attached hydrogens (tertiary/aromatic N) is 3. The van der Waals surface area contributed by atoms with Gasteiger partial charge in [0.1, 0.15) is 11.5 Å². The number of anilines is 1. The molecule has 0 saturated carbocycles. The first kappa shape index (κ1) is 16.9. The summed E-state index contributed by atoms with van der Waals surface area (Å²) in [7, 11) is 0. The van der Waals surface area contributed by atoms with Gasteiger partial charge in [-0.2, -0.15) is 13.2 Å². The fourth-order valence-electron chi connectivity index (χ4n) is 3.67. The molecule has 0 atom stereocenters. The highest BCUT2D eigenvalue weighted by molar-refractivity contribution is 5.93. The Balaban J connectivity index is 1.52. The van der Waals surface area contributed by atoms with Crippen molar-refractivity contribution in [2.24, 2.45) is 0 Å². The summed E-state index contributed by atoms with van der Waals surface area (Å²) >= 11 is 0. The molecular weight excluding hydrogens is 341 g/mol. The van der Waals surface area contributed by atoms with Gasteiger partial charge in [-0.3, -0.25) is 4.98 Å². The van der Waals surface area contributed by atoms with E-state index in [0.717, 1.165) is 54.3 Å². The average Bonchev–Trinajstić information content (AvgIpc) is 3.12. The molecule has 0 spiro atoms. The number of alkyl halides is 3. The van der Waals surface area contributed by atoms with Gasteiger partial charge in [-0.1, -0.05) is 18.2 Å². The van der Waals surface area contributed by atoms with Crippen LogP contribution in [0.25, 0.3) is 10.9 Å². The topological polar surface area (TPSA) is 44.8 Å². The quantitative estimate of drug-likeness (QED) is 0.722. The summed E-state index contributed by atoms with van der Waals surface area (Å²) in [5.74, 6) is 0.463. The van der Waals surface area contributed by atoms with E-state index in [4.69, 9.17) is 0 Å². The molecule has 2 aromatic heterocycles. The van der Waals surface area contributed by atoms with Gasteiger partial charge >= 0.3 is 6.18 Å². The molecule has 3 heterocycles. The van der Waals surface area contributed by atoms with Crippen LogP contribution < -0.4 is 4.90 Å². The van der Waals surface area contributed by atoms with Crippen LogP contribution in [0.5, 0.6) is 0 Å². The second-order valence-electron chi connectivity index (χ2n) is 6.74. The summed E-state index contributed by atoms with van der Waals surface area (Å²) in [6.45, 7) is 3.60. The number of rotatable bonds is 2. The highest BCUT2D eigenvalue weighted by Gasteiger charge is 2.34. The molecule has 0 amide bonds. The lowest BCUT2D eigenvalue weighted by molar-refractivity contribution is -0.141. The standard InChI is InChI=1S/C19H19F3N4/c1-12-3-2-4-14-15(5-8-23-17(12)14)26-9-6-13(7-10-26)18-24-11-16(25-18)19(20,21)22/h2-5,8,11,13H,6-7,9-10H2,1H3,(H,24,25). The maximum atomic E-state index is 12.7. The zero-order valence-electron chi connectivity index (χ0n) is 14.3. The van der Waals surface area contributed by atoms with Crippen LogP contribution in [0, 0.1) is 6.92 Å². The molecule has 0 unspecified atom stereocenters. The molecule has 1 N–H and O–H groups in total. The lowest BCUT2D eigenvalue weighted by Gasteiger charge is -2.33. The van der Waals surface area contributed by atoms with E-state index in [1.165, 1.54) is 0 Å². The third kappa shape index (κ3) is 3.02. The Hall–Kier alpha value is -2.57. The van der Waals surface area contributed by atoms with Gasteiger partial charge in [0.05, 0.1) is 11.7 Å². The number of hydrogen-bond acceptors (Lipinski definition) is 3. The smallest absolute Gasteiger partial charge is 0.371 e. The summed E-state index contributed by atoms with van der Waals surface area (Å²) in [6, 6.07) is 8.15.